The first-order valence-corrected chi connectivity index (χ1v) is 15.0. The van der Waals surface area contributed by atoms with E-state index in [1.807, 2.05) is 0 Å². The zero-order valence-electron chi connectivity index (χ0n) is 27.4. The second-order valence-electron chi connectivity index (χ2n) is 16.0. The molecule has 0 aliphatic carbocycles. The molecule has 0 atom stereocenters. The molecule has 2 aliphatic heterocycles. The van der Waals surface area contributed by atoms with Crippen LogP contribution in [-0.4, -0.2) is 26.2 Å². The lowest BCUT2D eigenvalue weighted by molar-refractivity contribution is 0.112. The van der Waals surface area contributed by atoms with Crippen molar-refractivity contribution in [1.82, 2.24) is 19.9 Å². The third kappa shape index (κ3) is 5.54. The molecule has 3 aromatic rings. The summed E-state index contributed by atoms with van der Waals surface area (Å²) in [4.78, 5) is 30.4. The molecule has 5 heterocycles. The van der Waals surface area contributed by atoms with Crippen molar-refractivity contribution in [3.05, 3.63) is 69.8 Å². The number of rotatable bonds is 1. The summed E-state index contributed by atoms with van der Waals surface area (Å²) >= 11 is 0. The highest BCUT2D eigenvalue weighted by Gasteiger charge is 2.28. The van der Waals surface area contributed by atoms with Gasteiger partial charge in [0.05, 0.1) is 33.9 Å². The fourth-order valence-electron chi connectivity index (χ4n) is 5.87. The summed E-state index contributed by atoms with van der Waals surface area (Å²) in [6.07, 6.45) is 5.25. The topological polar surface area (TPSA) is 74.4 Å². The van der Waals surface area contributed by atoms with E-state index in [-0.39, 0.29) is 21.7 Å². The van der Waals surface area contributed by atoms with Gasteiger partial charge < -0.3 is 9.97 Å². The first-order chi connectivity index (χ1) is 19.3. The molecule has 220 valence electrons. The Bertz CT molecular complexity index is 1810. The van der Waals surface area contributed by atoms with Gasteiger partial charge in [-0.25, -0.2) is 9.97 Å². The Morgan fingerprint density at radius 1 is 0.595 bits per heavy atom. The van der Waals surface area contributed by atoms with E-state index < -0.39 is 0 Å². The number of hydrogen-bond donors (Lipinski definition) is 2. The average molecular weight is 563 g/mol. The number of H-pyrrole nitrogens is 2. The number of carbonyl (C=O) groups is 1. The first kappa shape index (κ1) is 29.8. The third-order valence-corrected chi connectivity index (χ3v) is 8.10. The summed E-state index contributed by atoms with van der Waals surface area (Å²) < 4.78 is 0. The Hall–Kier alpha value is -3.73. The molecule has 0 unspecified atom stereocenters. The van der Waals surface area contributed by atoms with Gasteiger partial charge in [0.25, 0.3) is 0 Å². The van der Waals surface area contributed by atoms with E-state index in [1.165, 1.54) is 11.1 Å². The zero-order valence-corrected chi connectivity index (χ0v) is 27.4. The maximum atomic E-state index is 12.9. The Kier molecular flexibility index (Phi) is 6.84. The Morgan fingerprint density at radius 3 is 1.67 bits per heavy atom. The molecule has 0 aromatic carbocycles. The predicted molar refractivity (Wildman–Crippen MR) is 178 cm³/mol. The summed E-state index contributed by atoms with van der Waals surface area (Å²) in [5, 5.41) is 0. The van der Waals surface area contributed by atoms with Gasteiger partial charge in [-0.2, -0.15) is 0 Å². The molecular weight excluding hydrogens is 516 g/mol. The van der Waals surface area contributed by atoms with Gasteiger partial charge in [-0.05, 0) is 86.4 Å². The Morgan fingerprint density at radius 2 is 1.12 bits per heavy atom. The van der Waals surface area contributed by atoms with Crippen LogP contribution in [-0.2, 0) is 10.8 Å². The number of aromatic nitrogens is 4. The van der Waals surface area contributed by atoms with E-state index in [9.17, 15) is 4.79 Å². The van der Waals surface area contributed by atoms with Crippen LogP contribution in [0.5, 0.6) is 0 Å². The molecule has 0 spiro atoms. The molecule has 0 amide bonds. The van der Waals surface area contributed by atoms with Gasteiger partial charge in [0.1, 0.15) is 0 Å². The molecular formula is C37H46N4O. The highest BCUT2D eigenvalue weighted by atomic mass is 16.1. The van der Waals surface area contributed by atoms with Gasteiger partial charge in [0.2, 0.25) is 0 Å². The van der Waals surface area contributed by atoms with Crippen molar-refractivity contribution in [2.45, 2.75) is 93.9 Å². The summed E-state index contributed by atoms with van der Waals surface area (Å²) in [5.41, 5.74) is 11.8. The van der Waals surface area contributed by atoms with Gasteiger partial charge in [-0.15, -0.1) is 0 Å². The molecule has 0 fully saturated rings. The minimum absolute atomic E-state index is 0.0780. The highest BCUT2D eigenvalue weighted by molar-refractivity contribution is 5.98. The van der Waals surface area contributed by atoms with E-state index in [4.69, 9.17) is 9.97 Å². The van der Waals surface area contributed by atoms with E-state index >= 15 is 0 Å². The number of hydrogen-bond acceptors (Lipinski definition) is 3. The van der Waals surface area contributed by atoms with Crippen molar-refractivity contribution >= 4 is 51.7 Å². The van der Waals surface area contributed by atoms with E-state index in [0.29, 0.717) is 11.3 Å². The average Bonchev–Trinajstić information content (AvgIpc) is 3.59. The van der Waals surface area contributed by atoms with Crippen LogP contribution in [0.25, 0.3) is 45.4 Å². The summed E-state index contributed by atoms with van der Waals surface area (Å²) in [5.74, 6) is 0. The number of aldehydes is 1. The number of allylic oxidation sites excluding steroid dienone is 2. The molecule has 8 bridgehead atoms. The van der Waals surface area contributed by atoms with Crippen molar-refractivity contribution in [3.63, 3.8) is 0 Å². The molecule has 42 heavy (non-hydrogen) atoms. The normalized spacial score (nSPS) is 14.6. The second-order valence-corrected chi connectivity index (χ2v) is 16.0. The van der Waals surface area contributed by atoms with Gasteiger partial charge in [0, 0.05) is 16.6 Å². The minimum atomic E-state index is -0.196. The quantitative estimate of drug-likeness (QED) is 0.290. The van der Waals surface area contributed by atoms with Crippen LogP contribution in [0.1, 0.15) is 127 Å². The lowest BCUT2D eigenvalue weighted by Gasteiger charge is -2.19. The molecule has 2 N–H and O–H groups in total. The van der Waals surface area contributed by atoms with Gasteiger partial charge in [-0.3, -0.25) is 4.79 Å². The maximum Gasteiger partial charge on any atom is 0.154 e. The Labute approximate surface area is 250 Å². The van der Waals surface area contributed by atoms with E-state index in [1.54, 1.807) is 0 Å². The molecule has 0 saturated carbocycles. The van der Waals surface area contributed by atoms with Crippen LogP contribution in [0.3, 0.4) is 0 Å². The zero-order chi connectivity index (χ0) is 31.0. The molecule has 0 saturated heterocycles. The van der Waals surface area contributed by atoms with E-state index in [0.717, 1.165) is 56.6 Å². The lowest BCUT2D eigenvalue weighted by Crippen LogP contribution is -2.11. The maximum absolute atomic E-state index is 12.9. The molecule has 2 aliphatic rings. The first-order valence-electron chi connectivity index (χ1n) is 15.0. The number of nitrogens with one attached hydrogen (secondary N) is 2. The summed E-state index contributed by atoms with van der Waals surface area (Å²) in [6.45, 7) is 26.5. The summed E-state index contributed by atoms with van der Waals surface area (Å²) in [6, 6.07) is 10.8. The third-order valence-electron chi connectivity index (χ3n) is 8.10. The fraction of sp³-hybridized carbons (Fsp3) is 0.432. The van der Waals surface area contributed by atoms with Gasteiger partial charge in [-0.1, -0.05) is 83.1 Å². The van der Waals surface area contributed by atoms with Gasteiger partial charge >= 0.3 is 0 Å². The standard InChI is InChI=1S/C37H46N4O/c1-34(2,3)25-14-22-17-32-27(36(7,8)9)19-29(41-32)24(20-42)33-28(37(10,11)12)15-23(40-33)18-31-26(35(4,5)6)13-21(38-31)16-30(25)39-22/h13-20,39-40H,1-12H3. The molecule has 3 aromatic heterocycles. The molecule has 5 rings (SSSR count). The summed E-state index contributed by atoms with van der Waals surface area (Å²) in [7, 11) is 0. The molecule has 5 heteroatoms. The van der Waals surface area contributed by atoms with Crippen molar-refractivity contribution in [3.8, 4) is 0 Å². The lowest BCUT2D eigenvalue weighted by atomic mass is 9.84. The number of fused-ring (bicyclic) bond motifs is 8. The van der Waals surface area contributed by atoms with E-state index in [2.05, 4.69) is 136 Å². The molecule has 5 nitrogen and oxygen atoms in total. The molecule has 0 radical (unpaired) electrons. The van der Waals surface area contributed by atoms with Crippen LogP contribution in [0.4, 0.5) is 0 Å². The predicted octanol–water partition coefficient (Wildman–Crippen LogP) is 9.90. The van der Waals surface area contributed by atoms with Crippen molar-refractivity contribution in [2.75, 3.05) is 0 Å². The van der Waals surface area contributed by atoms with Crippen LogP contribution in [0, 0.1) is 10.8 Å². The SMILES string of the molecule is CC(C)(C)C1=Cc2cc3[nH]c(cc4nc(c(C=O)c5[nH]c(cc1n2)cc5C(C)(C)C)C=C4C(C)(C)C)cc3C(C)(C)C. The largest absolute Gasteiger partial charge is 0.355 e. The van der Waals surface area contributed by atoms with Crippen LogP contribution in [0.15, 0.2) is 30.3 Å². The number of nitrogens with zero attached hydrogens (tertiary/aromatic N) is 2. The van der Waals surface area contributed by atoms with Crippen molar-refractivity contribution in [2.24, 2.45) is 10.8 Å². The highest BCUT2D eigenvalue weighted by Crippen LogP contribution is 2.41. The monoisotopic (exact) mass is 562 g/mol. The van der Waals surface area contributed by atoms with Crippen LogP contribution in [0.2, 0.25) is 0 Å². The number of aromatic amines is 2. The minimum Gasteiger partial charge on any atom is -0.355 e. The smallest absolute Gasteiger partial charge is 0.154 e. The van der Waals surface area contributed by atoms with Gasteiger partial charge in [0.15, 0.2) is 6.29 Å². The Balaban J connectivity index is 2.03. The second kappa shape index (κ2) is 9.65. The number of carbonyl (C=O) groups excluding carboxylic acids is 1. The van der Waals surface area contributed by atoms with Crippen molar-refractivity contribution < 1.29 is 4.79 Å². The fourth-order valence-corrected chi connectivity index (χ4v) is 5.87. The van der Waals surface area contributed by atoms with Crippen LogP contribution >= 0.6 is 0 Å². The van der Waals surface area contributed by atoms with Crippen molar-refractivity contribution in [1.29, 1.82) is 0 Å². The van der Waals surface area contributed by atoms with Crippen LogP contribution < -0.4 is 0 Å².